The van der Waals surface area contributed by atoms with Crippen LogP contribution < -0.4 is 4.74 Å². The molecule has 0 aromatic heterocycles. The third-order valence-electron chi connectivity index (χ3n) is 4.79. The van der Waals surface area contributed by atoms with Crippen molar-refractivity contribution in [3.63, 3.8) is 0 Å². The average molecular weight is 460 g/mol. The third-order valence-corrected chi connectivity index (χ3v) is 6.70. The van der Waals surface area contributed by atoms with Gasteiger partial charge in [0.15, 0.2) is 11.6 Å². The van der Waals surface area contributed by atoms with Gasteiger partial charge in [-0.1, -0.05) is 0 Å². The Kier molecular flexibility index (Phi) is 7.16. The normalized spacial score (nSPS) is 15.2. The Labute approximate surface area is 177 Å². The van der Waals surface area contributed by atoms with E-state index in [1.807, 2.05) is 0 Å². The summed E-state index contributed by atoms with van der Waals surface area (Å²) in [6.45, 7) is 0.134. The highest BCUT2D eigenvalue weighted by molar-refractivity contribution is 7.89. The predicted molar refractivity (Wildman–Crippen MR) is 103 cm³/mol. The number of nitrogens with zero attached hydrogens (tertiary/aromatic N) is 2. The number of halogens is 4. The number of hydrogen-bond acceptors (Lipinski definition) is 4. The van der Waals surface area contributed by atoms with Crippen LogP contribution in [0.5, 0.6) is 5.75 Å². The van der Waals surface area contributed by atoms with Crippen molar-refractivity contribution in [2.45, 2.75) is 17.7 Å². The first-order valence-electron chi connectivity index (χ1n) is 9.49. The molecule has 0 atom stereocenters. The maximum absolute atomic E-state index is 13.9. The number of hydrogen-bond donors (Lipinski definition) is 0. The molecule has 0 bridgehead atoms. The summed E-state index contributed by atoms with van der Waals surface area (Å²) in [5, 5.41) is 0. The van der Waals surface area contributed by atoms with Crippen LogP contribution in [-0.2, 0) is 14.8 Å². The van der Waals surface area contributed by atoms with Crippen LogP contribution in [-0.4, -0.2) is 56.3 Å². The Morgan fingerprint density at radius 3 is 2.23 bits per heavy atom. The summed E-state index contributed by atoms with van der Waals surface area (Å²) in [7, 11) is -4.22. The largest absolute Gasteiger partial charge is 0.491 e. The fourth-order valence-corrected chi connectivity index (χ4v) is 4.65. The van der Waals surface area contributed by atoms with Crippen LogP contribution in [0, 0.1) is 23.3 Å². The first-order chi connectivity index (χ1) is 14.7. The van der Waals surface area contributed by atoms with Crippen molar-refractivity contribution < 1.29 is 35.5 Å². The minimum absolute atomic E-state index is 0.0431. The molecule has 1 fully saturated rings. The maximum Gasteiger partial charge on any atom is 0.246 e. The molecule has 0 unspecified atom stereocenters. The van der Waals surface area contributed by atoms with Crippen molar-refractivity contribution >= 4 is 15.9 Å². The first-order valence-corrected chi connectivity index (χ1v) is 10.9. The van der Waals surface area contributed by atoms with E-state index >= 15 is 0 Å². The van der Waals surface area contributed by atoms with Gasteiger partial charge in [-0.2, -0.15) is 4.31 Å². The molecule has 2 aromatic carbocycles. The molecule has 6 nitrogen and oxygen atoms in total. The first kappa shape index (κ1) is 23.0. The van der Waals surface area contributed by atoms with Gasteiger partial charge >= 0.3 is 0 Å². The molecule has 0 saturated carbocycles. The van der Waals surface area contributed by atoms with Gasteiger partial charge in [-0.3, -0.25) is 4.79 Å². The van der Waals surface area contributed by atoms with E-state index in [0.717, 1.165) is 28.6 Å². The average Bonchev–Trinajstić information content (AvgIpc) is 2.74. The molecule has 1 aliphatic rings. The molecule has 0 radical (unpaired) electrons. The molecule has 168 valence electrons. The monoisotopic (exact) mass is 460 g/mol. The van der Waals surface area contributed by atoms with E-state index in [4.69, 9.17) is 4.74 Å². The van der Waals surface area contributed by atoms with Gasteiger partial charge in [-0.15, -0.1) is 0 Å². The molecule has 1 heterocycles. The smallest absolute Gasteiger partial charge is 0.246 e. The Hall–Kier alpha value is -2.66. The molecule has 31 heavy (non-hydrogen) atoms. The summed E-state index contributed by atoms with van der Waals surface area (Å²) in [5.74, 6) is -3.82. The number of carbonyl (C=O) groups excluding carboxylic acids is 1. The SMILES string of the molecule is O=C(CCCOc1ccc(F)cc1F)N1CCN(S(=O)(=O)c2cc(F)ccc2F)CC1. The fourth-order valence-electron chi connectivity index (χ4n) is 3.15. The molecule has 0 spiro atoms. The second kappa shape index (κ2) is 9.65. The molecule has 0 N–H and O–H groups in total. The highest BCUT2D eigenvalue weighted by Gasteiger charge is 2.32. The molecule has 3 rings (SSSR count). The summed E-state index contributed by atoms with van der Waals surface area (Å²) in [6.07, 6.45) is 0.372. The van der Waals surface area contributed by atoms with Crippen LogP contribution in [0.2, 0.25) is 0 Å². The van der Waals surface area contributed by atoms with Gasteiger partial charge < -0.3 is 9.64 Å². The van der Waals surface area contributed by atoms with Crippen molar-refractivity contribution in [1.82, 2.24) is 9.21 Å². The molecule has 1 aliphatic heterocycles. The van der Waals surface area contributed by atoms with Gasteiger partial charge in [0.25, 0.3) is 0 Å². The Morgan fingerprint density at radius 2 is 1.55 bits per heavy atom. The molecule has 1 amide bonds. The van der Waals surface area contributed by atoms with E-state index in [2.05, 4.69) is 0 Å². The van der Waals surface area contributed by atoms with E-state index in [1.54, 1.807) is 0 Å². The number of carbonyl (C=O) groups is 1. The van der Waals surface area contributed by atoms with Crippen LogP contribution in [0.3, 0.4) is 0 Å². The van der Waals surface area contributed by atoms with Crippen molar-refractivity contribution in [2.75, 3.05) is 32.8 Å². The van der Waals surface area contributed by atoms with E-state index in [1.165, 1.54) is 4.90 Å². The maximum atomic E-state index is 13.9. The molecule has 0 aliphatic carbocycles. The molecular formula is C20H20F4N2O4S. The second-order valence-electron chi connectivity index (χ2n) is 6.89. The van der Waals surface area contributed by atoms with Crippen LogP contribution in [0.25, 0.3) is 0 Å². The standard InChI is InChI=1S/C20H20F4N2O4S/c21-14-4-6-18(17(24)12-14)30-11-1-2-20(27)25-7-9-26(10-8-25)31(28,29)19-13-15(22)3-5-16(19)23/h3-6,12-13H,1-2,7-11H2. The zero-order valence-corrected chi connectivity index (χ0v) is 17.2. The van der Waals surface area contributed by atoms with Crippen LogP contribution in [0.4, 0.5) is 17.6 Å². The van der Waals surface area contributed by atoms with Crippen LogP contribution in [0.15, 0.2) is 41.3 Å². The number of rotatable bonds is 7. The Balaban J connectivity index is 1.47. The third kappa shape index (κ3) is 5.53. The van der Waals surface area contributed by atoms with Crippen molar-refractivity contribution in [1.29, 1.82) is 0 Å². The number of amides is 1. The predicted octanol–water partition coefficient (Wildman–Crippen LogP) is 2.94. The number of benzene rings is 2. The zero-order valence-electron chi connectivity index (χ0n) is 16.4. The zero-order chi connectivity index (χ0) is 22.6. The molecular weight excluding hydrogens is 440 g/mol. The van der Waals surface area contributed by atoms with Gasteiger partial charge in [0, 0.05) is 38.7 Å². The molecule has 11 heteroatoms. The highest BCUT2D eigenvalue weighted by atomic mass is 32.2. The van der Waals surface area contributed by atoms with E-state index in [0.29, 0.717) is 12.1 Å². The summed E-state index contributed by atoms with van der Waals surface area (Å²) in [4.78, 5) is 13.0. The van der Waals surface area contributed by atoms with E-state index < -0.39 is 38.2 Å². The quantitative estimate of drug-likeness (QED) is 0.471. The van der Waals surface area contributed by atoms with Gasteiger partial charge in [-0.25, -0.2) is 26.0 Å². The summed E-state index contributed by atoms with van der Waals surface area (Å²) >= 11 is 0. The topological polar surface area (TPSA) is 66.9 Å². The lowest BCUT2D eigenvalue weighted by molar-refractivity contribution is -0.132. The number of ether oxygens (including phenoxy) is 1. The Morgan fingerprint density at radius 1 is 0.903 bits per heavy atom. The summed E-state index contributed by atoms with van der Waals surface area (Å²) < 4.78 is 84.9. The van der Waals surface area contributed by atoms with Crippen molar-refractivity contribution in [2.24, 2.45) is 0 Å². The summed E-state index contributed by atoms with van der Waals surface area (Å²) in [6, 6.07) is 5.14. The fraction of sp³-hybridized carbons (Fsp3) is 0.350. The number of piperazine rings is 1. The number of sulfonamides is 1. The van der Waals surface area contributed by atoms with E-state index in [-0.39, 0.29) is 57.3 Å². The van der Waals surface area contributed by atoms with Crippen LogP contribution >= 0.6 is 0 Å². The summed E-state index contributed by atoms with van der Waals surface area (Å²) in [5.41, 5.74) is 0. The van der Waals surface area contributed by atoms with Crippen molar-refractivity contribution in [3.05, 3.63) is 59.7 Å². The lowest BCUT2D eigenvalue weighted by Crippen LogP contribution is -2.50. The minimum atomic E-state index is -4.22. The minimum Gasteiger partial charge on any atom is -0.491 e. The second-order valence-corrected chi connectivity index (χ2v) is 8.79. The van der Waals surface area contributed by atoms with Gasteiger partial charge in [0.2, 0.25) is 15.9 Å². The van der Waals surface area contributed by atoms with Gasteiger partial charge in [0.1, 0.15) is 22.3 Å². The Bertz CT molecular complexity index is 1060. The molecule has 1 saturated heterocycles. The van der Waals surface area contributed by atoms with Crippen molar-refractivity contribution in [3.8, 4) is 5.75 Å². The molecule has 2 aromatic rings. The highest BCUT2D eigenvalue weighted by Crippen LogP contribution is 2.22. The van der Waals surface area contributed by atoms with Gasteiger partial charge in [-0.05, 0) is 36.8 Å². The lowest BCUT2D eigenvalue weighted by atomic mass is 10.2. The van der Waals surface area contributed by atoms with Gasteiger partial charge in [0.05, 0.1) is 6.61 Å². The lowest BCUT2D eigenvalue weighted by Gasteiger charge is -2.34. The van der Waals surface area contributed by atoms with Crippen LogP contribution in [0.1, 0.15) is 12.8 Å². The van der Waals surface area contributed by atoms with E-state index in [9.17, 15) is 30.8 Å².